The Morgan fingerprint density at radius 3 is 2.26 bits per heavy atom. The number of hydrogen-bond donors (Lipinski definition) is 0. The van der Waals surface area contributed by atoms with Gasteiger partial charge in [-0.05, 0) is 41.9 Å². The molecule has 2 aromatic carbocycles. The first-order chi connectivity index (χ1) is 12.9. The molecule has 0 radical (unpaired) electrons. The average Bonchev–Trinajstić information content (AvgIpc) is 3.47. The quantitative estimate of drug-likeness (QED) is 0.670. The van der Waals surface area contributed by atoms with Crippen LogP contribution >= 0.6 is 0 Å². The summed E-state index contributed by atoms with van der Waals surface area (Å²) < 4.78 is 39.3. The molecule has 1 unspecified atom stereocenters. The monoisotopic (exact) mass is 369 g/mol. The summed E-state index contributed by atoms with van der Waals surface area (Å²) in [5, 5.41) is 0. The third-order valence-electron chi connectivity index (χ3n) is 5.40. The SMILES string of the molecule is O=C(C#CC1(C(F)(F)F)CC1)N1Cc2ccccc2CC1c1ccccc1. The Balaban J connectivity index is 1.66. The van der Waals surface area contributed by atoms with Crippen molar-refractivity contribution in [2.24, 2.45) is 5.41 Å². The zero-order valence-corrected chi connectivity index (χ0v) is 14.6. The first-order valence-electron chi connectivity index (χ1n) is 8.92. The lowest BCUT2D eigenvalue weighted by molar-refractivity contribution is -0.168. The van der Waals surface area contributed by atoms with Crippen LogP contribution in [0.25, 0.3) is 0 Å². The van der Waals surface area contributed by atoms with Crippen LogP contribution in [0.1, 0.15) is 35.6 Å². The summed E-state index contributed by atoms with van der Waals surface area (Å²) in [5.41, 5.74) is 1.13. The number of fused-ring (bicyclic) bond motifs is 1. The molecule has 1 heterocycles. The molecule has 1 amide bonds. The number of rotatable bonds is 1. The highest BCUT2D eigenvalue weighted by molar-refractivity contribution is 5.94. The van der Waals surface area contributed by atoms with Crippen LogP contribution in [0, 0.1) is 17.3 Å². The summed E-state index contributed by atoms with van der Waals surface area (Å²) in [6, 6.07) is 17.2. The van der Waals surface area contributed by atoms with Crippen LogP contribution < -0.4 is 0 Å². The van der Waals surface area contributed by atoms with Gasteiger partial charge in [0.2, 0.25) is 0 Å². The van der Waals surface area contributed by atoms with E-state index in [0.717, 1.165) is 16.7 Å². The molecule has 2 aliphatic rings. The standard InChI is InChI=1S/C22H18F3NO/c23-22(24,25)21(12-13-21)11-10-20(27)26-15-18-9-5-4-8-17(18)14-19(26)16-6-2-1-3-7-16/h1-9,19H,12-15H2. The first-order valence-corrected chi connectivity index (χ1v) is 8.92. The molecular weight excluding hydrogens is 351 g/mol. The Hall–Kier alpha value is -2.74. The van der Waals surface area contributed by atoms with Crippen LogP contribution in [0.4, 0.5) is 13.2 Å². The van der Waals surface area contributed by atoms with Gasteiger partial charge in [-0.3, -0.25) is 4.79 Å². The van der Waals surface area contributed by atoms with Crippen LogP contribution in [-0.2, 0) is 17.8 Å². The second-order valence-corrected chi connectivity index (χ2v) is 7.16. The molecule has 1 atom stereocenters. The average molecular weight is 369 g/mol. The molecule has 2 nitrogen and oxygen atoms in total. The van der Waals surface area contributed by atoms with Crippen molar-refractivity contribution in [3.05, 3.63) is 71.3 Å². The van der Waals surface area contributed by atoms with E-state index in [4.69, 9.17) is 0 Å². The Bertz CT molecular complexity index is 920. The summed E-state index contributed by atoms with van der Waals surface area (Å²) in [6.45, 7) is 0.349. The van der Waals surface area contributed by atoms with E-state index in [1.165, 1.54) is 0 Å². The van der Waals surface area contributed by atoms with E-state index in [-0.39, 0.29) is 18.9 Å². The number of alkyl halides is 3. The molecule has 0 spiro atoms. The van der Waals surface area contributed by atoms with Crippen LogP contribution in [0.5, 0.6) is 0 Å². The van der Waals surface area contributed by atoms with Crippen molar-refractivity contribution in [3.63, 3.8) is 0 Å². The van der Waals surface area contributed by atoms with E-state index in [1.54, 1.807) is 4.90 Å². The highest BCUT2D eigenvalue weighted by Crippen LogP contribution is 2.57. The Kier molecular flexibility index (Phi) is 4.22. The predicted molar refractivity (Wildman–Crippen MR) is 95.4 cm³/mol. The lowest BCUT2D eigenvalue weighted by atomic mass is 9.90. The van der Waals surface area contributed by atoms with Crippen molar-refractivity contribution >= 4 is 5.91 Å². The topological polar surface area (TPSA) is 20.3 Å². The summed E-state index contributed by atoms with van der Waals surface area (Å²) in [5.74, 6) is 4.00. The van der Waals surface area contributed by atoms with Gasteiger partial charge in [0.25, 0.3) is 5.91 Å². The van der Waals surface area contributed by atoms with Crippen molar-refractivity contribution in [2.45, 2.75) is 38.0 Å². The number of carbonyl (C=O) groups excluding carboxylic acids is 1. The molecule has 1 saturated carbocycles. The predicted octanol–water partition coefficient (Wildman–Crippen LogP) is 4.66. The second-order valence-electron chi connectivity index (χ2n) is 7.16. The largest absolute Gasteiger partial charge is 0.405 e. The van der Waals surface area contributed by atoms with Gasteiger partial charge in [-0.1, -0.05) is 60.5 Å². The van der Waals surface area contributed by atoms with Gasteiger partial charge in [-0.2, -0.15) is 13.2 Å². The lowest BCUT2D eigenvalue weighted by Gasteiger charge is -2.36. The Morgan fingerprint density at radius 2 is 1.63 bits per heavy atom. The van der Waals surface area contributed by atoms with Crippen molar-refractivity contribution in [3.8, 4) is 11.8 Å². The zero-order chi connectivity index (χ0) is 19.1. The Morgan fingerprint density at radius 1 is 1.00 bits per heavy atom. The summed E-state index contributed by atoms with van der Waals surface area (Å²) in [4.78, 5) is 14.4. The van der Waals surface area contributed by atoms with Crippen molar-refractivity contribution in [2.75, 3.05) is 0 Å². The molecule has 1 fully saturated rings. The fourth-order valence-electron chi connectivity index (χ4n) is 3.56. The third kappa shape index (κ3) is 3.32. The zero-order valence-electron chi connectivity index (χ0n) is 14.6. The first kappa shape index (κ1) is 17.7. The van der Waals surface area contributed by atoms with Gasteiger partial charge in [0.1, 0.15) is 5.41 Å². The summed E-state index contributed by atoms with van der Waals surface area (Å²) in [6.07, 6.45) is -3.81. The van der Waals surface area contributed by atoms with Crippen LogP contribution in [-0.4, -0.2) is 17.0 Å². The van der Waals surface area contributed by atoms with Crippen molar-refractivity contribution in [1.82, 2.24) is 4.90 Å². The van der Waals surface area contributed by atoms with Gasteiger partial charge in [0.05, 0.1) is 6.04 Å². The minimum Gasteiger partial charge on any atom is -0.320 e. The normalized spacial score (nSPS) is 20.3. The maximum atomic E-state index is 13.1. The minimum atomic E-state index is -4.38. The van der Waals surface area contributed by atoms with Crippen molar-refractivity contribution < 1.29 is 18.0 Å². The molecular formula is C22H18F3NO. The van der Waals surface area contributed by atoms with Crippen LogP contribution in [0.2, 0.25) is 0 Å². The van der Waals surface area contributed by atoms with Gasteiger partial charge in [-0.25, -0.2) is 0 Å². The van der Waals surface area contributed by atoms with E-state index < -0.39 is 17.5 Å². The van der Waals surface area contributed by atoms with Gasteiger partial charge >= 0.3 is 6.18 Å². The van der Waals surface area contributed by atoms with Gasteiger partial charge in [0.15, 0.2) is 0 Å². The number of nitrogens with zero attached hydrogens (tertiary/aromatic N) is 1. The molecule has 4 rings (SSSR count). The number of carbonyl (C=O) groups is 1. The fourth-order valence-corrected chi connectivity index (χ4v) is 3.56. The molecule has 0 aromatic heterocycles. The highest BCUT2D eigenvalue weighted by atomic mass is 19.4. The number of halogens is 3. The van der Waals surface area contributed by atoms with E-state index in [2.05, 4.69) is 11.8 Å². The molecule has 1 aliphatic carbocycles. The molecule has 0 saturated heterocycles. The molecule has 1 aliphatic heterocycles. The molecule has 138 valence electrons. The van der Waals surface area contributed by atoms with E-state index >= 15 is 0 Å². The minimum absolute atomic E-state index is 0.0261. The molecule has 0 N–H and O–H groups in total. The van der Waals surface area contributed by atoms with Gasteiger partial charge in [0, 0.05) is 6.54 Å². The van der Waals surface area contributed by atoms with Crippen LogP contribution in [0.15, 0.2) is 54.6 Å². The number of amides is 1. The fraction of sp³-hybridized carbons (Fsp3) is 0.318. The summed E-state index contributed by atoms with van der Waals surface area (Å²) in [7, 11) is 0. The molecule has 27 heavy (non-hydrogen) atoms. The molecule has 0 bridgehead atoms. The Labute approximate surface area is 156 Å². The maximum Gasteiger partial charge on any atom is 0.405 e. The number of hydrogen-bond acceptors (Lipinski definition) is 1. The molecule has 5 heteroatoms. The van der Waals surface area contributed by atoms with Gasteiger partial charge in [-0.15, -0.1) is 0 Å². The van der Waals surface area contributed by atoms with Crippen LogP contribution in [0.3, 0.4) is 0 Å². The summed E-state index contributed by atoms with van der Waals surface area (Å²) >= 11 is 0. The van der Waals surface area contributed by atoms with E-state index in [0.29, 0.717) is 13.0 Å². The molecule has 2 aromatic rings. The highest BCUT2D eigenvalue weighted by Gasteiger charge is 2.62. The maximum absolute atomic E-state index is 13.1. The second kappa shape index (κ2) is 6.45. The number of benzene rings is 2. The van der Waals surface area contributed by atoms with Crippen molar-refractivity contribution in [1.29, 1.82) is 0 Å². The van der Waals surface area contributed by atoms with E-state index in [1.807, 2.05) is 54.6 Å². The lowest BCUT2D eigenvalue weighted by Crippen LogP contribution is -2.38. The van der Waals surface area contributed by atoms with E-state index in [9.17, 15) is 18.0 Å². The third-order valence-corrected chi connectivity index (χ3v) is 5.40. The van der Waals surface area contributed by atoms with Gasteiger partial charge < -0.3 is 4.90 Å². The smallest absolute Gasteiger partial charge is 0.320 e.